The summed E-state index contributed by atoms with van der Waals surface area (Å²) in [5, 5.41) is 4.37. The second-order valence-corrected chi connectivity index (χ2v) is 8.51. The Balaban J connectivity index is 1.50. The molecule has 2 N–H and O–H groups in total. The maximum absolute atomic E-state index is 13.1. The first-order chi connectivity index (χ1) is 17.0. The first-order valence-electron chi connectivity index (χ1n) is 10.4. The van der Waals surface area contributed by atoms with Crippen LogP contribution in [0.25, 0.3) is 0 Å². The third kappa shape index (κ3) is 5.37. The molecule has 0 aromatic heterocycles. The van der Waals surface area contributed by atoms with E-state index in [0.717, 1.165) is 22.6 Å². The second-order valence-electron chi connectivity index (χ2n) is 7.72. The second kappa shape index (κ2) is 10.0. The Morgan fingerprint density at radius 3 is 2.28 bits per heavy atom. The summed E-state index contributed by atoms with van der Waals surface area (Å²) in [6.45, 7) is 0.0311. The van der Waals surface area contributed by atoms with Crippen molar-refractivity contribution in [3.63, 3.8) is 0 Å². The molecule has 0 saturated heterocycles. The monoisotopic (exact) mass is 533 g/mol. The average molecular weight is 534 g/mol. The average Bonchev–Trinajstić information content (AvgIpc) is 3.04. The van der Waals surface area contributed by atoms with E-state index in [1.54, 1.807) is 30.3 Å². The van der Waals surface area contributed by atoms with Crippen LogP contribution < -0.4 is 10.6 Å². The standard InChI is InChI=1S/C25H16Cl2F3N3O3/c26-19-10-9-17(12-18(19)25(28,29)30)32-22(34)15-7-4-8-16(11-15)31-21-20(27)23(35)33(24(21)36)13-14-5-2-1-3-6-14/h1-12,31H,13H2,(H,32,34). The van der Waals surface area contributed by atoms with E-state index in [2.05, 4.69) is 10.6 Å². The summed E-state index contributed by atoms with van der Waals surface area (Å²) in [7, 11) is 0. The minimum absolute atomic E-state index is 0.0311. The van der Waals surface area contributed by atoms with Gasteiger partial charge in [0.15, 0.2) is 0 Å². The van der Waals surface area contributed by atoms with Crippen LogP contribution in [0.4, 0.5) is 24.5 Å². The molecule has 3 amide bonds. The van der Waals surface area contributed by atoms with E-state index < -0.39 is 34.5 Å². The van der Waals surface area contributed by atoms with Gasteiger partial charge in [0.05, 0.1) is 17.1 Å². The summed E-state index contributed by atoms with van der Waals surface area (Å²) in [6.07, 6.45) is -4.69. The van der Waals surface area contributed by atoms with Crippen molar-refractivity contribution >= 4 is 52.3 Å². The predicted molar refractivity (Wildman–Crippen MR) is 129 cm³/mol. The molecule has 0 unspecified atom stereocenters. The van der Waals surface area contributed by atoms with Crippen LogP contribution in [0.2, 0.25) is 5.02 Å². The van der Waals surface area contributed by atoms with Crippen molar-refractivity contribution in [2.75, 3.05) is 10.6 Å². The molecule has 0 saturated carbocycles. The van der Waals surface area contributed by atoms with E-state index in [1.165, 1.54) is 30.3 Å². The van der Waals surface area contributed by atoms with Crippen molar-refractivity contribution in [1.82, 2.24) is 4.90 Å². The van der Waals surface area contributed by atoms with Crippen molar-refractivity contribution < 1.29 is 27.6 Å². The number of halogens is 5. The lowest BCUT2D eigenvalue weighted by molar-refractivity contribution is -0.138. The van der Waals surface area contributed by atoms with Gasteiger partial charge in [-0.2, -0.15) is 13.2 Å². The number of rotatable bonds is 6. The van der Waals surface area contributed by atoms with E-state index in [1.807, 2.05) is 0 Å². The first kappa shape index (κ1) is 25.3. The molecule has 36 heavy (non-hydrogen) atoms. The Bertz CT molecular complexity index is 1390. The molecule has 1 heterocycles. The van der Waals surface area contributed by atoms with E-state index in [9.17, 15) is 27.6 Å². The zero-order chi connectivity index (χ0) is 26.0. The largest absolute Gasteiger partial charge is 0.417 e. The molecule has 0 fully saturated rings. The number of nitrogens with one attached hydrogen (secondary N) is 2. The molecule has 3 aromatic rings. The van der Waals surface area contributed by atoms with Crippen LogP contribution in [0.1, 0.15) is 21.5 Å². The first-order valence-corrected chi connectivity index (χ1v) is 11.2. The summed E-state index contributed by atoms with van der Waals surface area (Å²) >= 11 is 11.7. The fraction of sp³-hybridized carbons (Fsp3) is 0.0800. The van der Waals surface area contributed by atoms with Crippen molar-refractivity contribution in [1.29, 1.82) is 0 Å². The highest BCUT2D eigenvalue weighted by Crippen LogP contribution is 2.36. The lowest BCUT2D eigenvalue weighted by Gasteiger charge is -2.15. The van der Waals surface area contributed by atoms with Crippen LogP contribution in [-0.4, -0.2) is 22.6 Å². The molecule has 1 aliphatic rings. The van der Waals surface area contributed by atoms with Crippen LogP contribution in [0, 0.1) is 0 Å². The van der Waals surface area contributed by atoms with Gasteiger partial charge in [-0.15, -0.1) is 0 Å². The Kier molecular flexibility index (Phi) is 7.05. The fourth-order valence-electron chi connectivity index (χ4n) is 3.47. The fourth-order valence-corrected chi connectivity index (χ4v) is 3.93. The number of anilines is 2. The third-order valence-corrected chi connectivity index (χ3v) is 5.90. The van der Waals surface area contributed by atoms with Crippen LogP contribution in [0.3, 0.4) is 0 Å². The number of amides is 3. The molecule has 11 heteroatoms. The summed E-state index contributed by atoms with van der Waals surface area (Å²) in [4.78, 5) is 39.1. The predicted octanol–water partition coefficient (Wildman–Crippen LogP) is 6.04. The Morgan fingerprint density at radius 1 is 0.861 bits per heavy atom. The summed E-state index contributed by atoms with van der Waals surface area (Å²) in [5.41, 5.74) is -0.247. The highest BCUT2D eigenvalue weighted by molar-refractivity contribution is 6.48. The normalized spacial score (nSPS) is 13.9. The molecule has 0 atom stereocenters. The lowest BCUT2D eigenvalue weighted by Crippen LogP contribution is -2.31. The van der Waals surface area contributed by atoms with E-state index in [4.69, 9.17) is 23.2 Å². The Hall–Kier alpha value is -3.82. The smallest absolute Gasteiger partial charge is 0.350 e. The quantitative estimate of drug-likeness (QED) is 0.378. The molecule has 0 bridgehead atoms. The molecule has 6 nitrogen and oxygen atoms in total. The number of imide groups is 1. The Morgan fingerprint density at radius 2 is 1.58 bits per heavy atom. The van der Waals surface area contributed by atoms with E-state index in [-0.39, 0.29) is 34.2 Å². The number of carbonyl (C=O) groups is 3. The van der Waals surface area contributed by atoms with Crippen LogP contribution in [0.15, 0.2) is 83.5 Å². The SMILES string of the molecule is O=C(Nc1ccc(Cl)c(C(F)(F)F)c1)c1cccc(NC2=C(Cl)C(=O)N(Cc3ccccc3)C2=O)c1. The minimum Gasteiger partial charge on any atom is -0.350 e. The molecule has 0 aliphatic carbocycles. The third-order valence-electron chi connectivity index (χ3n) is 5.22. The summed E-state index contributed by atoms with van der Waals surface area (Å²) < 4.78 is 39.3. The zero-order valence-corrected chi connectivity index (χ0v) is 19.7. The molecule has 0 radical (unpaired) electrons. The number of benzene rings is 3. The van der Waals surface area contributed by atoms with Gasteiger partial charge >= 0.3 is 6.18 Å². The van der Waals surface area contributed by atoms with Gasteiger partial charge in [0.25, 0.3) is 17.7 Å². The molecule has 4 rings (SSSR count). The molecule has 0 spiro atoms. The van der Waals surface area contributed by atoms with Gasteiger partial charge in [-0.3, -0.25) is 19.3 Å². The summed E-state index contributed by atoms with van der Waals surface area (Å²) in [6, 6.07) is 17.7. The summed E-state index contributed by atoms with van der Waals surface area (Å²) in [5.74, 6) is -2.00. The van der Waals surface area contributed by atoms with Gasteiger partial charge in [-0.25, -0.2) is 0 Å². The zero-order valence-electron chi connectivity index (χ0n) is 18.2. The van der Waals surface area contributed by atoms with Crippen molar-refractivity contribution in [3.8, 4) is 0 Å². The number of hydrogen-bond acceptors (Lipinski definition) is 4. The highest BCUT2D eigenvalue weighted by atomic mass is 35.5. The van der Waals surface area contributed by atoms with Gasteiger partial charge in [0, 0.05) is 16.9 Å². The molecule has 184 valence electrons. The maximum atomic E-state index is 13.1. The highest BCUT2D eigenvalue weighted by Gasteiger charge is 2.38. The van der Waals surface area contributed by atoms with Crippen molar-refractivity contribution in [2.45, 2.75) is 12.7 Å². The minimum atomic E-state index is -4.69. The van der Waals surface area contributed by atoms with Crippen molar-refractivity contribution in [2.24, 2.45) is 0 Å². The van der Waals surface area contributed by atoms with Crippen molar-refractivity contribution in [3.05, 3.63) is 105 Å². The molecular formula is C25H16Cl2F3N3O3. The molecular weight excluding hydrogens is 518 g/mol. The number of nitrogens with zero attached hydrogens (tertiary/aromatic N) is 1. The number of carbonyl (C=O) groups excluding carboxylic acids is 3. The Labute approximate surface area is 213 Å². The molecule has 1 aliphatic heterocycles. The van der Waals surface area contributed by atoms with Gasteiger partial charge in [0.1, 0.15) is 10.7 Å². The van der Waals surface area contributed by atoms with E-state index in [0.29, 0.717) is 0 Å². The van der Waals surface area contributed by atoms with E-state index >= 15 is 0 Å². The molecule has 3 aromatic carbocycles. The van der Waals surface area contributed by atoms with Crippen LogP contribution >= 0.6 is 23.2 Å². The van der Waals surface area contributed by atoms with Crippen LogP contribution in [0.5, 0.6) is 0 Å². The van der Waals surface area contributed by atoms with Gasteiger partial charge < -0.3 is 10.6 Å². The van der Waals surface area contributed by atoms with Crippen LogP contribution in [-0.2, 0) is 22.3 Å². The number of hydrogen-bond donors (Lipinski definition) is 2. The van der Waals surface area contributed by atoms with Gasteiger partial charge in [0.2, 0.25) is 0 Å². The van der Waals surface area contributed by atoms with Gasteiger partial charge in [-0.1, -0.05) is 59.6 Å². The topological polar surface area (TPSA) is 78.5 Å². The maximum Gasteiger partial charge on any atom is 0.417 e. The van der Waals surface area contributed by atoms with Gasteiger partial charge in [-0.05, 0) is 42.0 Å². The number of alkyl halides is 3. The lowest BCUT2D eigenvalue weighted by atomic mass is 10.1.